The standard InChI is InChI=1S/C6H5I.2C2H4O2.HI/c7-6-4-2-1-3-5-6;2*1-2(3)4;/h1-5H;2*1H3,(H,3,4);1H. The molecule has 4 nitrogen and oxygen atoms in total. The van der Waals surface area contributed by atoms with Gasteiger partial charge in [0.2, 0.25) is 0 Å². The van der Waals surface area contributed by atoms with Crippen LogP contribution < -0.4 is 0 Å². The Morgan fingerprint density at radius 1 is 1.00 bits per heavy atom. The summed E-state index contributed by atoms with van der Waals surface area (Å²) in [5.74, 6) is -1.67. The molecule has 0 aliphatic carbocycles. The van der Waals surface area contributed by atoms with Crippen LogP contribution in [-0.2, 0) is 9.59 Å². The summed E-state index contributed by atoms with van der Waals surface area (Å²) in [7, 11) is 0. The highest BCUT2D eigenvalue weighted by molar-refractivity contribution is 14.1. The molecule has 0 unspecified atom stereocenters. The molecule has 6 heteroatoms. The van der Waals surface area contributed by atoms with Gasteiger partial charge in [0.05, 0.1) is 0 Å². The molecule has 0 radical (unpaired) electrons. The Hall–Kier alpha value is -0.380. The molecule has 0 atom stereocenters. The lowest BCUT2D eigenvalue weighted by Crippen LogP contribution is -1.78. The molecule has 16 heavy (non-hydrogen) atoms. The summed E-state index contributed by atoms with van der Waals surface area (Å²) in [6.07, 6.45) is 0. The molecule has 0 saturated carbocycles. The normalized spacial score (nSPS) is 6.94. The van der Waals surface area contributed by atoms with Crippen molar-refractivity contribution in [2.45, 2.75) is 13.8 Å². The third kappa shape index (κ3) is 37.4. The van der Waals surface area contributed by atoms with Gasteiger partial charge >= 0.3 is 0 Å². The van der Waals surface area contributed by atoms with Crippen LogP contribution in [0.3, 0.4) is 0 Å². The summed E-state index contributed by atoms with van der Waals surface area (Å²) in [6.45, 7) is 2.17. The molecular formula is C10H14I2O4. The second kappa shape index (κ2) is 14.6. The molecule has 92 valence electrons. The maximum Gasteiger partial charge on any atom is 0.300 e. The van der Waals surface area contributed by atoms with Crippen LogP contribution in [0.4, 0.5) is 0 Å². The van der Waals surface area contributed by atoms with E-state index in [2.05, 4.69) is 34.7 Å². The maximum absolute atomic E-state index is 9.00. The third-order valence-corrected chi connectivity index (χ3v) is 1.45. The van der Waals surface area contributed by atoms with Crippen molar-refractivity contribution in [3.63, 3.8) is 0 Å². The second-order valence-electron chi connectivity index (χ2n) is 2.33. The SMILES string of the molecule is CC(=O)O.CC(=O)O.I.Ic1ccccc1. The first-order chi connectivity index (χ1) is 6.86. The smallest absolute Gasteiger partial charge is 0.300 e. The van der Waals surface area contributed by atoms with E-state index < -0.39 is 11.9 Å². The van der Waals surface area contributed by atoms with Crippen LogP contribution in [0.2, 0.25) is 0 Å². The number of carboxylic acids is 2. The van der Waals surface area contributed by atoms with Crippen molar-refractivity contribution in [2.75, 3.05) is 0 Å². The van der Waals surface area contributed by atoms with Gasteiger partial charge in [-0.2, -0.15) is 0 Å². The molecule has 0 bridgehead atoms. The Balaban J connectivity index is -0.000000166. The maximum atomic E-state index is 9.00. The van der Waals surface area contributed by atoms with Gasteiger partial charge in [0, 0.05) is 17.4 Å². The van der Waals surface area contributed by atoms with E-state index in [9.17, 15) is 0 Å². The lowest BCUT2D eigenvalue weighted by atomic mass is 10.4. The van der Waals surface area contributed by atoms with Gasteiger partial charge < -0.3 is 10.2 Å². The van der Waals surface area contributed by atoms with Crippen LogP contribution in [0.25, 0.3) is 0 Å². The van der Waals surface area contributed by atoms with Crippen molar-refractivity contribution in [2.24, 2.45) is 0 Å². The lowest BCUT2D eigenvalue weighted by Gasteiger charge is -1.80. The predicted octanol–water partition coefficient (Wildman–Crippen LogP) is 3.09. The largest absolute Gasteiger partial charge is 0.481 e. The van der Waals surface area contributed by atoms with Gasteiger partial charge in [-0.1, -0.05) is 18.2 Å². The highest BCUT2D eigenvalue weighted by atomic mass is 127. The van der Waals surface area contributed by atoms with Crippen LogP contribution in [0, 0.1) is 3.57 Å². The Bertz CT molecular complexity index is 268. The molecule has 0 aromatic heterocycles. The van der Waals surface area contributed by atoms with Crippen molar-refractivity contribution in [1.82, 2.24) is 0 Å². The number of rotatable bonds is 0. The van der Waals surface area contributed by atoms with E-state index in [-0.39, 0.29) is 24.0 Å². The molecule has 1 aromatic carbocycles. The van der Waals surface area contributed by atoms with Gasteiger partial charge in [0.25, 0.3) is 11.9 Å². The molecule has 0 aliphatic rings. The summed E-state index contributed by atoms with van der Waals surface area (Å²) in [4.78, 5) is 18.0. The topological polar surface area (TPSA) is 74.6 Å². The molecular weight excluding hydrogens is 438 g/mol. The number of aliphatic carboxylic acids is 2. The van der Waals surface area contributed by atoms with E-state index in [4.69, 9.17) is 19.8 Å². The van der Waals surface area contributed by atoms with Crippen molar-refractivity contribution < 1.29 is 19.8 Å². The van der Waals surface area contributed by atoms with Crippen molar-refractivity contribution in [1.29, 1.82) is 0 Å². The number of benzene rings is 1. The van der Waals surface area contributed by atoms with Crippen molar-refractivity contribution >= 4 is 58.5 Å². The first-order valence-electron chi connectivity index (χ1n) is 3.96. The average Bonchev–Trinajstić information content (AvgIpc) is 2.03. The van der Waals surface area contributed by atoms with E-state index in [1.165, 1.54) is 3.57 Å². The van der Waals surface area contributed by atoms with Gasteiger partial charge in [-0.15, -0.1) is 24.0 Å². The van der Waals surface area contributed by atoms with Gasteiger partial charge in [0.15, 0.2) is 0 Å². The van der Waals surface area contributed by atoms with Gasteiger partial charge in [-0.05, 0) is 34.7 Å². The molecule has 0 heterocycles. The first kappa shape index (κ1) is 21.0. The zero-order valence-electron chi connectivity index (χ0n) is 8.88. The van der Waals surface area contributed by atoms with Crippen LogP contribution in [0.5, 0.6) is 0 Å². The summed E-state index contributed by atoms with van der Waals surface area (Å²) >= 11 is 2.28. The van der Waals surface area contributed by atoms with Crippen LogP contribution in [-0.4, -0.2) is 22.2 Å². The molecule has 0 spiro atoms. The quantitative estimate of drug-likeness (QED) is 0.594. The minimum atomic E-state index is -0.833. The molecule has 1 aromatic rings. The van der Waals surface area contributed by atoms with Gasteiger partial charge in [-0.25, -0.2) is 0 Å². The number of carboxylic acid groups (broad SMARTS) is 2. The molecule has 0 aliphatic heterocycles. The molecule has 2 N–H and O–H groups in total. The van der Waals surface area contributed by atoms with Gasteiger partial charge in [0.1, 0.15) is 0 Å². The Labute approximate surface area is 125 Å². The van der Waals surface area contributed by atoms with Crippen LogP contribution in [0.1, 0.15) is 13.8 Å². The number of hydrogen-bond acceptors (Lipinski definition) is 2. The van der Waals surface area contributed by atoms with E-state index in [1.54, 1.807) is 0 Å². The number of carbonyl (C=O) groups is 2. The molecule has 0 amide bonds. The van der Waals surface area contributed by atoms with Gasteiger partial charge in [-0.3, -0.25) is 9.59 Å². The molecule has 0 saturated heterocycles. The van der Waals surface area contributed by atoms with E-state index in [1.807, 2.05) is 18.2 Å². The fraction of sp³-hybridized carbons (Fsp3) is 0.200. The zero-order valence-corrected chi connectivity index (χ0v) is 13.4. The fourth-order valence-electron chi connectivity index (χ4n) is 0.415. The monoisotopic (exact) mass is 452 g/mol. The van der Waals surface area contributed by atoms with E-state index in [0.717, 1.165) is 13.8 Å². The van der Waals surface area contributed by atoms with Crippen molar-refractivity contribution in [3.8, 4) is 0 Å². The first-order valence-corrected chi connectivity index (χ1v) is 5.03. The summed E-state index contributed by atoms with van der Waals surface area (Å²) in [6, 6.07) is 10.2. The Morgan fingerprint density at radius 2 is 1.25 bits per heavy atom. The number of halogens is 2. The second-order valence-corrected chi connectivity index (χ2v) is 3.58. The third-order valence-electron chi connectivity index (χ3n) is 0.733. The van der Waals surface area contributed by atoms with Crippen molar-refractivity contribution in [3.05, 3.63) is 33.9 Å². The Morgan fingerprint density at radius 3 is 1.38 bits per heavy atom. The van der Waals surface area contributed by atoms with Crippen LogP contribution >= 0.6 is 46.6 Å². The summed E-state index contributed by atoms with van der Waals surface area (Å²) < 4.78 is 1.29. The predicted molar refractivity (Wildman–Crippen MR) is 81.2 cm³/mol. The molecule has 0 fully saturated rings. The lowest BCUT2D eigenvalue weighted by molar-refractivity contribution is -0.135. The van der Waals surface area contributed by atoms with Crippen LogP contribution in [0.15, 0.2) is 30.3 Å². The highest BCUT2D eigenvalue weighted by Crippen LogP contribution is 1.99. The average molecular weight is 452 g/mol. The zero-order chi connectivity index (χ0) is 12.3. The van der Waals surface area contributed by atoms with E-state index >= 15 is 0 Å². The summed E-state index contributed by atoms with van der Waals surface area (Å²) in [5.41, 5.74) is 0. The highest BCUT2D eigenvalue weighted by Gasteiger charge is 1.74. The number of hydrogen-bond donors (Lipinski definition) is 2. The summed E-state index contributed by atoms with van der Waals surface area (Å²) in [5, 5.41) is 14.8. The Kier molecular flexibility index (Phi) is 19.2. The molecule has 1 rings (SSSR count). The minimum Gasteiger partial charge on any atom is -0.481 e. The fourth-order valence-corrected chi connectivity index (χ4v) is 0.830. The minimum absolute atomic E-state index is 0. The van der Waals surface area contributed by atoms with E-state index in [0.29, 0.717) is 0 Å².